The molecule has 0 saturated carbocycles. The average molecular weight is 231 g/mol. The van der Waals surface area contributed by atoms with Crippen LogP contribution in [-0.4, -0.2) is 27.3 Å². The summed E-state index contributed by atoms with van der Waals surface area (Å²) in [6, 6.07) is 4.29. The van der Waals surface area contributed by atoms with Crippen molar-refractivity contribution in [3.05, 3.63) is 34.6 Å². The van der Waals surface area contributed by atoms with Crippen LogP contribution in [0, 0.1) is 20.8 Å². The fraction of sp³-hybridized carbons (Fsp3) is 0.417. The number of aryl methyl sites for hydroxylation is 3. The highest BCUT2D eigenvalue weighted by molar-refractivity contribution is 5.48. The van der Waals surface area contributed by atoms with Crippen molar-refractivity contribution in [2.24, 2.45) is 0 Å². The zero-order chi connectivity index (χ0) is 12.4. The average Bonchev–Trinajstić information content (AvgIpc) is 2.65. The highest BCUT2D eigenvalue weighted by Crippen LogP contribution is 2.20. The second-order valence-corrected chi connectivity index (χ2v) is 4.28. The molecule has 2 aromatic rings. The molecule has 0 aliphatic rings. The van der Waals surface area contributed by atoms with Crippen LogP contribution in [0.3, 0.4) is 0 Å². The summed E-state index contributed by atoms with van der Waals surface area (Å²) in [5.74, 6) is 0.822. The normalized spacial score (nSPS) is 10.8. The van der Waals surface area contributed by atoms with E-state index in [4.69, 9.17) is 0 Å². The van der Waals surface area contributed by atoms with Crippen LogP contribution < -0.4 is 5.32 Å². The van der Waals surface area contributed by atoms with Crippen LogP contribution in [-0.2, 0) is 6.54 Å². The molecule has 2 rings (SSSR count). The summed E-state index contributed by atoms with van der Waals surface area (Å²) in [6.45, 7) is 6.91. The highest BCUT2D eigenvalue weighted by atomic mass is 15.5. The molecule has 5 heteroatoms. The molecule has 1 heterocycles. The third kappa shape index (κ3) is 2.19. The molecule has 0 amide bonds. The number of hydrogen-bond donors (Lipinski definition) is 1. The first-order chi connectivity index (χ1) is 8.13. The molecule has 1 aromatic heterocycles. The molecule has 0 spiro atoms. The van der Waals surface area contributed by atoms with E-state index in [9.17, 15) is 0 Å². The topological polar surface area (TPSA) is 55.6 Å². The van der Waals surface area contributed by atoms with Crippen molar-refractivity contribution in [1.82, 2.24) is 25.5 Å². The summed E-state index contributed by atoms with van der Waals surface area (Å²) in [5.41, 5.74) is 4.71. The van der Waals surface area contributed by atoms with Gasteiger partial charge in [0, 0.05) is 0 Å². The molecule has 0 radical (unpaired) electrons. The Morgan fingerprint density at radius 2 is 1.82 bits per heavy atom. The molecule has 0 aliphatic heterocycles. The zero-order valence-electron chi connectivity index (χ0n) is 10.7. The number of nitrogens with zero attached hydrogens (tertiary/aromatic N) is 4. The molecule has 90 valence electrons. The number of tetrazole rings is 1. The van der Waals surface area contributed by atoms with Crippen LogP contribution in [0.4, 0.5) is 0 Å². The van der Waals surface area contributed by atoms with Gasteiger partial charge >= 0.3 is 0 Å². The molecule has 0 unspecified atom stereocenters. The molecule has 17 heavy (non-hydrogen) atoms. The van der Waals surface area contributed by atoms with E-state index in [0.717, 1.165) is 11.5 Å². The summed E-state index contributed by atoms with van der Waals surface area (Å²) < 4.78 is 1.81. The molecule has 0 aliphatic carbocycles. The van der Waals surface area contributed by atoms with Crippen molar-refractivity contribution in [3.8, 4) is 5.69 Å². The van der Waals surface area contributed by atoms with Crippen LogP contribution in [0.5, 0.6) is 0 Å². The minimum atomic E-state index is 0.653. The maximum Gasteiger partial charge on any atom is 0.170 e. The molecular weight excluding hydrogens is 214 g/mol. The lowest BCUT2D eigenvalue weighted by Gasteiger charge is -2.12. The monoisotopic (exact) mass is 231 g/mol. The van der Waals surface area contributed by atoms with E-state index in [1.54, 1.807) is 4.68 Å². The summed E-state index contributed by atoms with van der Waals surface area (Å²) in [5, 5.41) is 14.9. The summed E-state index contributed by atoms with van der Waals surface area (Å²) in [6.07, 6.45) is 0. The predicted molar refractivity (Wildman–Crippen MR) is 66.1 cm³/mol. The third-order valence-electron chi connectivity index (χ3n) is 2.72. The molecule has 5 nitrogen and oxygen atoms in total. The van der Waals surface area contributed by atoms with Gasteiger partial charge in [-0.3, -0.25) is 0 Å². The third-order valence-corrected chi connectivity index (χ3v) is 2.72. The first-order valence-electron chi connectivity index (χ1n) is 5.63. The van der Waals surface area contributed by atoms with Gasteiger partial charge < -0.3 is 5.32 Å². The predicted octanol–water partition coefficient (Wildman–Crippen LogP) is 1.31. The lowest BCUT2D eigenvalue weighted by molar-refractivity contribution is 0.704. The summed E-state index contributed by atoms with van der Waals surface area (Å²) in [4.78, 5) is 0. The van der Waals surface area contributed by atoms with E-state index < -0.39 is 0 Å². The van der Waals surface area contributed by atoms with E-state index in [-0.39, 0.29) is 0 Å². The van der Waals surface area contributed by atoms with Crippen LogP contribution in [0.1, 0.15) is 22.5 Å². The maximum absolute atomic E-state index is 4.07. The van der Waals surface area contributed by atoms with Gasteiger partial charge in [0.1, 0.15) is 0 Å². The van der Waals surface area contributed by atoms with Gasteiger partial charge in [0.15, 0.2) is 5.82 Å². The molecule has 0 bridgehead atoms. The number of aromatic nitrogens is 4. The quantitative estimate of drug-likeness (QED) is 0.865. The number of hydrogen-bond acceptors (Lipinski definition) is 4. The van der Waals surface area contributed by atoms with E-state index in [1.165, 1.54) is 16.7 Å². The molecule has 1 N–H and O–H groups in total. The second kappa shape index (κ2) is 4.63. The van der Waals surface area contributed by atoms with E-state index in [1.807, 2.05) is 7.05 Å². The van der Waals surface area contributed by atoms with Crippen molar-refractivity contribution in [1.29, 1.82) is 0 Å². The van der Waals surface area contributed by atoms with Gasteiger partial charge in [0.05, 0.1) is 12.2 Å². The minimum absolute atomic E-state index is 0.653. The molecule has 0 saturated heterocycles. The fourth-order valence-corrected chi connectivity index (χ4v) is 2.15. The minimum Gasteiger partial charge on any atom is -0.313 e. The Labute approximate surface area is 101 Å². The maximum atomic E-state index is 4.07. The number of rotatable bonds is 3. The fourth-order valence-electron chi connectivity index (χ4n) is 2.15. The molecule has 0 atom stereocenters. The smallest absolute Gasteiger partial charge is 0.170 e. The van der Waals surface area contributed by atoms with Crippen LogP contribution in [0.2, 0.25) is 0 Å². The lowest BCUT2D eigenvalue weighted by atomic mass is 10.1. The largest absolute Gasteiger partial charge is 0.313 e. The van der Waals surface area contributed by atoms with Crippen molar-refractivity contribution in [2.75, 3.05) is 7.05 Å². The number of nitrogens with one attached hydrogen (secondary N) is 1. The van der Waals surface area contributed by atoms with Crippen LogP contribution >= 0.6 is 0 Å². The molecule has 1 aromatic carbocycles. The Bertz CT molecular complexity index is 506. The van der Waals surface area contributed by atoms with Crippen molar-refractivity contribution < 1.29 is 0 Å². The van der Waals surface area contributed by atoms with Crippen molar-refractivity contribution in [3.63, 3.8) is 0 Å². The second-order valence-electron chi connectivity index (χ2n) is 4.28. The summed E-state index contributed by atoms with van der Waals surface area (Å²) in [7, 11) is 1.88. The Hall–Kier alpha value is -1.75. The standard InChI is InChI=1S/C12H17N5/c1-8-5-9(2)12(10(3)6-8)17-11(7-13-4)14-15-16-17/h5-6,13H,7H2,1-4H3. The van der Waals surface area contributed by atoms with Crippen molar-refractivity contribution >= 4 is 0 Å². The SMILES string of the molecule is CNCc1nnnn1-c1c(C)cc(C)cc1C. The first-order valence-corrected chi connectivity index (χ1v) is 5.63. The highest BCUT2D eigenvalue weighted by Gasteiger charge is 2.12. The van der Waals surface area contributed by atoms with Gasteiger partial charge in [-0.15, -0.1) is 5.10 Å². The van der Waals surface area contributed by atoms with Gasteiger partial charge in [0.25, 0.3) is 0 Å². The molecule has 0 fully saturated rings. The first kappa shape index (κ1) is 11.7. The Morgan fingerprint density at radius 3 is 2.41 bits per heavy atom. The zero-order valence-corrected chi connectivity index (χ0v) is 10.7. The van der Waals surface area contributed by atoms with E-state index in [2.05, 4.69) is 53.7 Å². The van der Waals surface area contributed by atoms with Gasteiger partial charge in [-0.25, -0.2) is 0 Å². The van der Waals surface area contributed by atoms with E-state index in [0.29, 0.717) is 6.54 Å². The van der Waals surface area contributed by atoms with Gasteiger partial charge in [-0.2, -0.15) is 4.68 Å². The Kier molecular flexibility index (Phi) is 3.19. The van der Waals surface area contributed by atoms with E-state index >= 15 is 0 Å². The Balaban J connectivity index is 2.56. The summed E-state index contributed by atoms with van der Waals surface area (Å²) >= 11 is 0. The molecular formula is C12H17N5. The van der Waals surface area contributed by atoms with Gasteiger partial charge in [-0.1, -0.05) is 17.7 Å². The number of benzene rings is 1. The van der Waals surface area contributed by atoms with Gasteiger partial charge in [-0.05, 0) is 49.4 Å². The lowest BCUT2D eigenvalue weighted by Crippen LogP contribution is -2.13. The van der Waals surface area contributed by atoms with Crippen LogP contribution in [0.25, 0.3) is 5.69 Å². The van der Waals surface area contributed by atoms with Gasteiger partial charge in [0.2, 0.25) is 0 Å². The Morgan fingerprint density at radius 1 is 1.18 bits per heavy atom. The van der Waals surface area contributed by atoms with Crippen molar-refractivity contribution in [2.45, 2.75) is 27.3 Å². The van der Waals surface area contributed by atoms with Crippen LogP contribution in [0.15, 0.2) is 12.1 Å².